The van der Waals surface area contributed by atoms with Gasteiger partial charge in [0, 0.05) is 0 Å². The summed E-state index contributed by atoms with van der Waals surface area (Å²) in [4.78, 5) is 0. The van der Waals surface area contributed by atoms with E-state index in [1.165, 1.54) is 0 Å². The molecular formula is C11H13NO2. The van der Waals surface area contributed by atoms with Crippen LogP contribution in [0.1, 0.15) is 18.4 Å². The Balaban J connectivity index is 1.84. The highest BCUT2D eigenvalue weighted by Crippen LogP contribution is 2.20. The molecule has 1 aliphatic rings. The molecule has 1 N–H and O–H groups in total. The first-order valence-corrected chi connectivity index (χ1v) is 4.76. The lowest BCUT2D eigenvalue weighted by Crippen LogP contribution is -2.34. The molecule has 1 atom stereocenters. The van der Waals surface area contributed by atoms with Gasteiger partial charge in [0.2, 0.25) is 0 Å². The van der Waals surface area contributed by atoms with Crippen LogP contribution >= 0.6 is 0 Å². The van der Waals surface area contributed by atoms with Gasteiger partial charge in [0.15, 0.2) is 0 Å². The summed E-state index contributed by atoms with van der Waals surface area (Å²) in [5, 5.41) is 11.7. The largest absolute Gasteiger partial charge is 0.411 e. The van der Waals surface area contributed by atoms with E-state index < -0.39 is 0 Å². The monoisotopic (exact) mass is 191 g/mol. The van der Waals surface area contributed by atoms with Crippen molar-refractivity contribution in [1.29, 1.82) is 0 Å². The van der Waals surface area contributed by atoms with Gasteiger partial charge in [0.05, 0.1) is 18.4 Å². The molecule has 1 aliphatic carbocycles. The van der Waals surface area contributed by atoms with Crippen molar-refractivity contribution in [3.05, 3.63) is 35.9 Å². The molecule has 3 heteroatoms. The van der Waals surface area contributed by atoms with E-state index in [1.807, 2.05) is 30.3 Å². The molecule has 0 aliphatic heterocycles. The lowest BCUT2D eigenvalue weighted by molar-refractivity contribution is 0.0594. The molecule has 14 heavy (non-hydrogen) atoms. The summed E-state index contributed by atoms with van der Waals surface area (Å²) in [6.07, 6.45) is 1.85. The molecular weight excluding hydrogens is 178 g/mol. The molecule has 2 rings (SSSR count). The highest BCUT2D eigenvalue weighted by molar-refractivity contribution is 5.93. The molecule has 1 fully saturated rings. The van der Waals surface area contributed by atoms with E-state index in [-0.39, 0.29) is 6.10 Å². The maximum atomic E-state index is 8.56. The molecule has 0 bridgehead atoms. The summed E-state index contributed by atoms with van der Waals surface area (Å²) < 4.78 is 5.58. The van der Waals surface area contributed by atoms with Crippen LogP contribution in [0.5, 0.6) is 0 Å². The van der Waals surface area contributed by atoms with Gasteiger partial charge in [-0.1, -0.05) is 35.5 Å². The Morgan fingerprint density at radius 3 is 2.71 bits per heavy atom. The van der Waals surface area contributed by atoms with E-state index >= 15 is 0 Å². The van der Waals surface area contributed by atoms with Crippen LogP contribution in [0.25, 0.3) is 0 Å². The Hall–Kier alpha value is -1.35. The number of benzene rings is 1. The van der Waals surface area contributed by atoms with E-state index in [1.54, 1.807) is 0 Å². The molecule has 1 aromatic carbocycles. The predicted molar refractivity (Wildman–Crippen MR) is 53.5 cm³/mol. The van der Waals surface area contributed by atoms with Gasteiger partial charge >= 0.3 is 0 Å². The molecule has 0 spiro atoms. The van der Waals surface area contributed by atoms with Crippen molar-refractivity contribution in [3.63, 3.8) is 0 Å². The normalized spacial score (nSPS) is 23.4. The molecule has 1 aromatic rings. The highest BCUT2D eigenvalue weighted by atomic mass is 16.5. The molecule has 1 unspecified atom stereocenters. The second-order valence-corrected chi connectivity index (χ2v) is 3.42. The minimum atomic E-state index is 0.0280. The summed E-state index contributed by atoms with van der Waals surface area (Å²) in [6.45, 7) is 0.588. The van der Waals surface area contributed by atoms with Crippen LogP contribution in [0, 0.1) is 0 Å². The van der Waals surface area contributed by atoms with Gasteiger partial charge in [-0.15, -0.1) is 0 Å². The van der Waals surface area contributed by atoms with Gasteiger partial charge in [-0.05, 0) is 18.4 Å². The SMILES string of the molecule is ON=C1CCC1OCc1ccccc1. The summed E-state index contributed by atoms with van der Waals surface area (Å²) in [5.74, 6) is 0. The number of oxime groups is 1. The first kappa shape index (κ1) is 9.21. The van der Waals surface area contributed by atoms with Crippen molar-refractivity contribution in [3.8, 4) is 0 Å². The number of hydrogen-bond donors (Lipinski definition) is 1. The van der Waals surface area contributed by atoms with Crippen molar-refractivity contribution >= 4 is 5.71 Å². The van der Waals surface area contributed by atoms with E-state index in [4.69, 9.17) is 9.94 Å². The minimum Gasteiger partial charge on any atom is -0.411 e. The topological polar surface area (TPSA) is 41.8 Å². The van der Waals surface area contributed by atoms with Gasteiger partial charge in [-0.3, -0.25) is 0 Å². The van der Waals surface area contributed by atoms with Gasteiger partial charge in [-0.25, -0.2) is 0 Å². The van der Waals surface area contributed by atoms with Crippen LogP contribution in [0.15, 0.2) is 35.5 Å². The van der Waals surface area contributed by atoms with E-state index in [2.05, 4.69) is 5.16 Å². The zero-order chi connectivity index (χ0) is 9.80. The van der Waals surface area contributed by atoms with Crippen LogP contribution in [-0.2, 0) is 11.3 Å². The highest BCUT2D eigenvalue weighted by Gasteiger charge is 2.27. The molecule has 0 saturated heterocycles. The third-order valence-corrected chi connectivity index (χ3v) is 2.46. The standard InChI is InChI=1S/C11H13NO2/c13-12-10-6-7-11(10)14-8-9-4-2-1-3-5-9/h1-5,11,13H,6-8H2. The van der Waals surface area contributed by atoms with Crippen molar-refractivity contribution < 1.29 is 9.94 Å². The molecule has 74 valence electrons. The Bertz CT molecular complexity index is 321. The fraction of sp³-hybridized carbons (Fsp3) is 0.364. The van der Waals surface area contributed by atoms with Gasteiger partial charge in [0.1, 0.15) is 0 Å². The summed E-state index contributed by atoms with van der Waals surface area (Å²) >= 11 is 0. The Morgan fingerprint density at radius 1 is 1.36 bits per heavy atom. The maximum absolute atomic E-state index is 8.56. The molecule has 1 saturated carbocycles. The third-order valence-electron chi connectivity index (χ3n) is 2.46. The smallest absolute Gasteiger partial charge is 0.0997 e. The van der Waals surface area contributed by atoms with Gasteiger partial charge < -0.3 is 9.94 Å². The number of nitrogens with zero attached hydrogens (tertiary/aromatic N) is 1. The molecule has 0 amide bonds. The average Bonchev–Trinajstić information content (AvgIpc) is 2.19. The van der Waals surface area contributed by atoms with Gasteiger partial charge in [-0.2, -0.15) is 0 Å². The number of hydrogen-bond acceptors (Lipinski definition) is 3. The Labute approximate surface area is 83.0 Å². The fourth-order valence-electron chi connectivity index (χ4n) is 1.46. The lowest BCUT2D eigenvalue weighted by Gasteiger charge is -2.26. The first-order chi connectivity index (χ1) is 6.90. The third kappa shape index (κ3) is 1.93. The second kappa shape index (κ2) is 4.24. The van der Waals surface area contributed by atoms with Crippen molar-refractivity contribution in [1.82, 2.24) is 0 Å². The summed E-state index contributed by atoms with van der Waals surface area (Å²) in [5.41, 5.74) is 1.91. The van der Waals surface area contributed by atoms with Crippen molar-refractivity contribution in [2.75, 3.05) is 0 Å². The lowest BCUT2D eigenvalue weighted by atomic mass is 9.93. The first-order valence-electron chi connectivity index (χ1n) is 4.76. The van der Waals surface area contributed by atoms with Crippen LogP contribution in [0.3, 0.4) is 0 Å². The Morgan fingerprint density at radius 2 is 2.14 bits per heavy atom. The maximum Gasteiger partial charge on any atom is 0.0997 e. The molecule has 0 radical (unpaired) electrons. The Kier molecular flexibility index (Phi) is 2.79. The second-order valence-electron chi connectivity index (χ2n) is 3.42. The number of rotatable bonds is 3. The van der Waals surface area contributed by atoms with Crippen molar-refractivity contribution in [2.24, 2.45) is 5.16 Å². The fourth-order valence-corrected chi connectivity index (χ4v) is 1.46. The molecule has 0 heterocycles. The van der Waals surface area contributed by atoms with Crippen molar-refractivity contribution in [2.45, 2.75) is 25.6 Å². The van der Waals surface area contributed by atoms with E-state index in [9.17, 15) is 0 Å². The predicted octanol–water partition coefficient (Wildman–Crippen LogP) is 2.20. The average molecular weight is 191 g/mol. The zero-order valence-corrected chi connectivity index (χ0v) is 7.89. The molecule has 3 nitrogen and oxygen atoms in total. The molecule has 0 aromatic heterocycles. The van der Waals surface area contributed by atoms with Gasteiger partial charge in [0.25, 0.3) is 0 Å². The summed E-state index contributed by atoms with van der Waals surface area (Å²) in [7, 11) is 0. The van der Waals surface area contributed by atoms with Crippen LogP contribution < -0.4 is 0 Å². The van der Waals surface area contributed by atoms with E-state index in [0.29, 0.717) is 6.61 Å². The van der Waals surface area contributed by atoms with Crippen LogP contribution in [0.4, 0.5) is 0 Å². The summed E-state index contributed by atoms with van der Waals surface area (Å²) in [6, 6.07) is 10.00. The van der Waals surface area contributed by atoms with Crippen LogP contribution in [0.2, 0.25) is 0 Å². The minimum absolute atomic E-state index is 0.0280. The van der Waals surface area contributed by atoms with Crippen LogP contribution in [-0.4, -0.2) is 17.0 Å². The zero-order valence-electron chi connectivity index (χ0n) is 7.89. The quantitative estimate of drug-likeness (QED) is 0.587. The van der Waals surface area contributed by atoms with E-state index in [0.717, 1.165) is 24.1 Å². The number of ether oxygens (including phenoxy) is 1.